The number of anilines is 1. The zero-order valence-electron chi connectivity index (χ0n) is 17.3. The summed E-state index contributed by atoms with van der Waals surface area (Å²) in [4.78, 5) is 17.7. The number of fused-ring (bicyclic) bond motifs is 1. The van der Waals surface area contributed by atoms with Crippen LogP contribution in [0.4, 0.5) is 5.82 Å². The van der Waals surface area contributed by atoms with Crippen LogP contribution >= 0.6 is 11.6 Å². The van der Waals surface area contributed by atoms with Crippen LogP contribution in [0.15, 0.2) is 59.7 Å². The highest BCUT2D eigenvalue weighted by atomic mass is 35.5. The van der Waals surface area contributed by atoms with E-state index in [2.05, 4.69) is 27.4 Å². The Hall–Kier alpha value is -2.99. The first kappa shape index (κ1) is 20.3. The van der Waals surface area contributed by atoms with E-state index in [9.17, 15) is 4.79 Å². The van der Waals surface area contributed by atoms with E-state index in [0.29, 0.717) is 17.3 Å². The van der Waals surface area contributed by atoms with Crippen molar-refractivity contribution < 1.29 is 0 Å². The summed E-state index contributed by atoms with van der Waals surface area (Å²) in [5, 5.41) is 4.12. The summed E-state index contributed by atoms with van der Waals surface area (Å²) in [7, 11) is 2.02. The van der Waals surface area contributed by atoms with Gasteiger partial charge in [-0.3, -0.25) is 13.8 Å². The van der Waals surface area contributed by atoms with Gasteiger partial charge in [-0.15, -0.1) is 0 Å². The molecule has 0 fully saturated rings. The van der Waals surface area contributed by atoms with Gasteiger partial charge in [0.25, 0.3) is 5.56 Å². The molecule has 0 aliphatic rings. The van der Waals surface area contributed by atoms with E-state index in [1.54, 1.807) is 16.7 Å². The molecule has 0 saturated carbocycles. The Kier molecular flexibility index (Phi) is 5.95. The Balaban J connectivity index is 1.75. The van der Waals surface area contributed by atoms with E-state index in [1.165, 1.54) is 0 Å². The number of imidazole rings is 1. The molecule has 0 atom stereocenters. The van der Waals surface area contributed by atoms with Crippen molar-refractivity contribution in [2.75, 3.05) is 5.32 Å². The number of rotatable bonds is 8. The first-order valence-corrected chi connectivity index (χ1v) is 10.7. The summed E-state index contributed by atoms with van der Waals surface area (Å²) in [6.07, 6.45) is 7.10. The van der Waals surface area contributed by atoms with Gasteiger partial charge in [-0.25, -0.2) is 4.98 Å². The molecule has 4 aromatic rings. The molecule has 7 heteroatoms. The lowest BCUT2D eigenvalue weighted by atomic mass is 10.2. The maximum absolute atomic E-state index is 12.9. The van der Waals surface area contributed by atoms with Gasteiger partial charge in [0.05, 0.1) is 12.2 Å². The van der Waals surface area contributed by atoms with E-state index in [0.717, 1.165) is 48.6 Å². The SMILES string of the molecule is CCCCCn1c(NCc2cccn2C)cc(=O)n2cc(-c3ccc(Cl)cc3)nc12. The van der Waals surface area contributed by atoms with Gasteiger partial charge in [-0.2, -0.15) is 0 Å². The summed E-state index contributed by atoms with van der Waals surface area (Å²) < 4.78 is 5.81. The number of nitrogens with zero attached hydrogens (tertiary/aromatic N) is 4. The second kappa shape index (κ2) is 8.79. The van der Waals surface area contributed by atoms with E-state index in [1.807, 2.05) is 43.6 Å². The van der Waals surface area contributed by atoms with E-state index < -0.39 is 0 Å². The van der Waals surface area contributed by atoms with Gasteiger partial charge >= 0.3 is 0 Å². The summed E-state index contributed by atoms with van der Waals surface area (Å²) in [6, 6.07) is 13.3. The van der Waals surface area contributed by atoms with Crippen molar-refractivity contribution in [1.82, 2.24) is 18.5 Å². The van der Waals surface area contributed by atoms with Gasteiger partial charge in [0.1, 0.15) is 5.82 Å². The fourth-order valence-electron chi connectivity index (χ4n) is 3.60. The predicted octanol–water partition coefficient (Wildman–Crippen LogP) is 4.96. The highest BCUT2D eigenvalue weighted by Gasteiger charge is 2.14. The second-order valence-corrected chi connectivity index (χ2v) is 7.93. The molecule has 0 aliphatic carbocycles. The number of benzene rings is 1. The van der Waals surface area contributed by atoms with Crippen LogP contribution in [-0.4, -0.2) is 18.5 Å². The number of aryl methyl sites for hydroxylation is 2. The highest BCUT2D eigenvalue weighted by molar-refractivity contribution is 6.30. The van der Waals surface area contributed by atoms with Crippen LogP contribution in [0.25, 0.3) is 17.0 Å². The van der Waals surface area contributed by atoms with Crippen LogP contribution in [0.2, 0.25) is 5.02 Å². The minimum Gasteiger partial charge on any atom is -0.366 e. The molecule has 3 heterocycles. The number of hydrogen-bond acceptors (Lipinski definition) is 3. The van der Waals surface area contributed by atoms with Crippen molar-refractivity contribution >= 4 is 23.2 Å². The lowest BCUT2D eigenvalue weighted by molar-refractivity contribution is 0.604. The smallest absolute Gasteiger partial charge is 0.261 e. The molecule has 6 nitrogen and oxygen atoms in total. The molecule has 156 valence electrons. The molecule has 1 N–H and O–H groups in total. The highest BCUT2D eigenvalue weighted by Crippen LogP contribution is 2.22. The van der Waals surface area contributed by atoms with Gasteiger partial charge in [0.2, 0.25) is 5.78 Å². The fourth-order valence-corrected chi connectivity index (χ4v) is 3.73. The summed E-state index contributed by atoms with van der Waals surface area (Å²) in [5.41, 5.74) is 2.74. The number of halogens is 1. The van der Waals surface area contributed by atoms with E-state index >= 15 is 0 Å². The first-order valence-electron chi connectivity index (χ1n) is 10.3. The maximum atomic E-state index is 12.9. The molecule has 0 radical (unpaired) electrons. The average molecular weight is 424 g/mol. The van der Waals surface area contributed by atoms with Crippen molar-refractivity contribution in [2.45, 2.75) is 39.3 Å². The van der Waals surface area contributed by atoms with Crippen molar-refractivity contribution in [1.29, 1.82) is 0 Å². The van der Waals surface area contributed by atoms with Crippen LogP contribution in [0.3, 0.4) is 0 Å². The predicted molar refractivity (Wildman–Crippen MR) is 122 cm³/mol. The summed E-state index contributed by atoms with van der Waals surface area (Å²) >= 11 is 6.02. The molecule has 0 unspecified atom stereocenters. The molecule has 4 rings (SSSR count). The third-order valence-electron chi connectivity index (χ3n) is 5.34. The molecule has 0 aliphatic heterocycles. The molecule has 0 bridgehead atoms. The van der Waals surface area contributed by atoms with Crippen LogP contribution in [0.5, 0.6) is 0 Å². The van der Waals surface area contributed by atoms with Crippen molar-refractivity contribution in [3.63, 3.8) is 0 Å². The van der Waals surface area contributed by atoms with Crippen LogP contribution in [0, 0.1) is 0 Å². The zero-order chi connectivity index (χ0) is 21.1. The summed E-state index contributed by atoms with van der Waals surface area (Å²) in [5.74, 6) is 1.44. The quantitative estimate of drug-likeness (QED) is 0.407. The van der Waals surface area contributed by atoms with E-state index in [4.69, 9.17) is 16.6 Å². The molecule has 0 spiro atoms. The van der Waals surface area contributed by atoms with Gasteiger partial charge in [-0.05, 0) is 30.7 Å². The normalized spacial score (nSPS) is 11.3. The summed E-state index contributed by atoms with van der Waals surface area (Å²) in [6.45, 7) is 3.62. The van der Waals surface area contributed by atoms with Crippen molar-refractivity contribution in [3.8, 4) is 11.3 Å². The lowest BCUT2D eigenvalue weighted by Crippen LogP contribution is -2.21. The molecule has 1 aromatic carbocycles. The number of aromatic nitrogens is 4. The van der Waals surface area contributed by atoms with Crippen molar-refractivity contribution in [2.24, 2.45) is 7.05 Å². The van der Waals surface area contributed by atoms with Gasteiger partial charge in [0.15, 0.2) is 0 Å². The molecule has 30 heavy (non-hydrogen) atoms. The van der Waals surface area contributed by atoms with Gasteiger partial charge in [0, 0.05) is 48.3 Å². The lowest BCUT2D eigenvalue weighted by Gasteiger charge is -2.16. The van der Waals surface area contributed by atoms with Crippen LogP contribution in [-0.2, 0) is 20.1 Å². The average Bonchev–Trinajstić information content (AvgIpc) is 3.36. The Morgan fingerprint density at radius 3 is 2.63 bits per heavy atom. The Morgan fingerprint density at radius 1 is 1.13 bits per heavy atom. The van der Waals surface area contributed by atoms with Crippen LogP contribution < -0.4 is 10.9 Å². The first-order chi connectivity index (χ1) is 14.6. The minimum absolute atomic E-state index is 0.0983. The number of unbranched alkanes of at least 4 members (excludes halogenated alkanes) is 2. The fraction of sp³-hybridized carbons (Fsp3) is 0.304. The molecular weight excluding hydrogens is 398 g/mol. The molecule has 0 saturated heterocycles. The van der Waals surface area contributed by atoms with Gasteiger partial charge in [-0.1, -0.05) is 43.5 Å². The topological polar surface area (TPSA) is 56.3 Å². The van der Waals surface area contributed by atoms with Gasteiger partial charge < -0.3 is 9.88 Å². The Labute approximate surface area is 180 Å². The van der Waals surface area contributed by atoms with Crippen molar-refractivity contribution in [3.05, 3.63) is 75.9 Å². The third-order valence-corrected chi connectivity index (χ3v) is 5.60. The molecular formula is C23H26ClN5O. The minimum atomic E-state index is -0.0983. The molecule has 0 amide bonds. The van der Waals surface area contributed by atoms with Crippen LogP contribution in [0.1, 0.15) is 31.9 Å². The largest absolute Gasteiger partial charge is 0.366 e. The zero-order valence-corrected chi connectivity index (χ0v) is 18.1. The van der Waals surface area contributed by atoms with E-state index in [-0.39, 0.29) is 5.56 Å². The monoisotopic (exact) mass is 423 g/mol. The molecule has 3 aromatic heterocycles. The Morgan fingerprint density at radius 2 is 1.93 bits per heavy atom. The maximum Gasteiger partial charge on any atom is 0.261 e. The standard InChI is InChI=1S/C23H26ClN5O/c1-3-4-5-13-28-21(25-15-19-7-6-12-27(19)2)14-22(30)29-16-20(26-23(28)29)17-8-10-18(24)11-9-17/h6-12,14,16,25H,3-5,13,15H2,1-2H3. The number of hydrogen-bond donors (Lipinski definition) is 1. The third kappa shape index (κ3) is 4.14. The second-order valence-electron chi connectivity index (χ2n) is 7.49. The Bertz CT molecular complexity index is 1200. The number of nitrogens with one attached hydrogen (secondary N) is 1.